The highest BCUT2D eigenvalue weighted by Gasteiger charge is 2.23. The predicted molar refractivity (Wildman–Crippen MR) is 97.1 cm³/mol. The number of hydrogen-bond donors (Lipinski definition) is 1. The fourth-order valence-corrected chi connectivity index (χ4v) is 4.70. The third-order valence-corrected chi connectivity index (χ3v) is 6.31. The van der Waals surface area contributed by atoms with E-state index in [1.165, 1.54) is 18.5 Å². The van der Waals surface area contributed by atoms with Gasteiger partial charge in [0.15, 0.2) is 5.76 Å². The average Bonchev–Trinajstić information content (AvgIpc) is 2.93. The van der Waals surface area contributed by atoms with Gasteiger partial charge in [0.1, 0.15) is 10.6 Å². The van der Waals surface area contributed by atoms with Crippen molar-refractivity contribution in [3.05, 3.63) is 41.3 Å². The maximum atomic E-state index is 12.4. The second-order valence-electron chi connectivity index (χ2n) is 6.84. The summed E-state index contributed by atoms with van der Waals surface area (Å²) < 4.78 is 32.5. The Bertz CT molecular complexity index is 808. The number of nitrogens with zero attached hydrogens (tertiary/aromatic N) is 2. The molecule has 0 bridgehead atoms. The van der Waals surface area contributed by atoms with Crippen molar-refractivity contribution in [1.82, 2.24) is 9.88 Å². The maximum Gasteiger partial charge on any atom is 0.246 e. The number of benzene rings is 1. The molecule has 25 heavy (non-hydrogen) atoms. The van der Waals surface area contributed by atoms with E-state index >= 15 is 0 Å². The first kappa shape index (κ1) is 17.9. The van der Waals surface area contributed by atoms with Gasteiger partial charge in [-0.15, -0.1) is 0 Å². The fourth-order valence-electron chi connectivity index (χ4n) is 3.36. The minimum atomic E-state index is -3.63. The molecule has 3 rings (SSSR count). The highest BCUT2D eigenvalue weighted by molar-refractivity contribution is 7.89. The lowest BCUT2D eigenvalue weighted by Crippen LogP contribution is -2.34. The number of hydrogen-bond acceptors (Lipinski definition) is 5. The number of nitrogens with one attached hydrogen (secondary N) is 1. The molecule has 0 saturated carbocycles. The number of rotatable bonds is 5. The van der Waals surface area contributed by atoms with E-state index in [-0.39, 0.29) is 11.4 Å². The molecule has 2 heterocycles. The molecule has 2 aromatic rings. The van der Waals surface area contributed by atoms with Gasteiger partial charge in [-0.3, -0.25) is 0 Å². The summed E-state index contributed by atoms with van der Waals surface area (Å²) in [5.74, 6) is 1.02. The summed E-state index contributed by atoms with van der Waals surface area (Å²) in [6.07, 6.45) is 2.51. The summed E-state index contributed by atoms with van der Waals surface area (Å²) >= 11 is 0. The third-order valence-electron chi connectivity index (χ3n) is 4.66. The molecule has 7 heteroatoms. The van der Waals surface area contributed by atoms with E-state index in [1.54, 1.807) is 13.8 Å². The summed E-state index contributed by atoms with van der Waals surface area (Å²) in [5.41, 5.74) is 2.49. The zero-order chi connectivity index (χ0) is 18.0. The Morgan fingerprint density at radius 3 is 2.60 bits per heavy atom. The van der Waals surface area contributed by atoms with Crippen LogP contribution >= 0.6 is 0 Å². The molecule has 1 aliphatic rings. The SMILES string of the molecule is Cc1noc(C)c1S(=O)(=O)NCc1ccc(N2CCC[C@@H](C)C2)cc1. The van der Waals surface area contributed by atoms with E-state index in [1.807, 2.05) is 12.1 Å². The van der Waals surface area contributed by atoms with Crippen LogP contribution < -0.4 is 9.62 Å². The summed E-state index contributed by atoms with van der Waals surface area (Å²) in [6, 6.07) is 8.09. The van der Waals surface area contributed by atoms with E-state index in [0.717, 1.165) is 24.6 Å². The molecule has 0 radical (unpaired) electrons. The monoisotopic (exact) mass is 363 g/mol. The Morgan fingerprint density at radius 1 is 1.28 bits per heavy atom. The lowest BCUT2D eigenvalue weighted by atomic mass is 9.99. The molecule has 1 N–H and O–H groups in total. The van der Waals surface area contributed by atoms with Crippen LogP contribution in [0.5, 0.6) is 0 Å². The van der Waals surface area contributed by atoms with Crippen molar-refractivity contribution in [2.24, 2.45) is 5.92 Å². The zero-order valence-corrected chi connectivity index (χ0v) is 15.8. The van der Waals surface area contributed by atoms with Crippen molar-refractivity contribution >= 4 is 15.7 Å². The molecule has 0 spiro atoms. The van der Waals surface area contributed by atoms with Crippen LogP contribution in [-0.4, -0.2) is 26.7 Å². The average molecular weight is 363 g/mol. The molecule has 0 amide bonds. The van der Waals surface area contributed by atoms with Gasteiger partial charge in [0.25, 0.3) is 0 Å². The Kier molecular flexibility index (Phi) is 5.15. The summed E-state index contributed by atoms with van der Waals surface area (Å²) in [5, 5.41) is 3.71. The van der Waals surface area contributed by atoms with Gasteiger partial charge >= 0.3 is 0 Å². The third kappa shape index (κ3) is 4.04. The van der Waals surface area contributed by atoms with Gasteiger partial charge in [-0.25, -0.2) is 13.1 Å². The van der Waals surface area contributed by atoms with Crippen LogP contribution in [0.25, 0.3) is 0 Å². The Hall–Kier alpha value is -1.86. The molecular formula is C18H25N3O3S. The highest BCUT2D eigenvalue weighted by Crippen LogP contribution is 2.23. The van der Waals surface area contributed by atoms with Gasteiger partial charge in [-0.1, -0.05) is 24.2 Å². The minimum Gasteiger partial charge on any atom is -0.371 e. The molecule has 1 fully saturated rings. The number of sulfonamides is 1. The predicted octanol–water partition coefficient (Wildman–Crippen LogP) is 3.01. The fraction of sp³-hybridized carbons (Fsp3) is 0.500. The standard InChI is InChI=1S/C18H25N3O3S/c1-13-5-4-10-21(12-13)17-8-6-16(7-9-17)11-19-25(22,23)18-14(2)20-24-15(18)3/h6-9,13,19H,4-5,10-12H2,1-3H3/t13-/m1/s1. The molecular weight excluding hydrogens is 338 g/mol. The zero-order valence-electron chi connectivity index (χ0n) is 14.9. The first-order chi connectivity index (χ1) is 11.9. The Morgan fingerprint density at radius 2 is 2.00 bits per heavy atom. The van der Waals surface area contributed by atoms with E-state index in [9.17, 15) is 8.42 Å². The molecule has 1 saturated heterocycles. The van der Waals surface area contributed by atoms with Crippen molar-refractivity contribution in [2.75, 3.05) is 18.0 Å². The molecule has 136 valence electrons. The maximum absolute atomic E-state index is 12.4. The van der Waals surface area contributed by atoms with Crippen LogP contribution in [0, 0.1) is 19.8 Å². The molecule has 1 aromatic heterocycles. The van der Waals surface area contributed by atoms with Gasteiger partial charge in [0, 0.05) is 25.3 Å². The number of aryl methyl sites for hydroxylation is 2. The van der Waals surface area contributed by atoms with Crippen LogP contribution in [0.2, 0.25) is 0 Å². The van der Waals surface area contributed by atoms with Gasteiger partial charge in [0.05, 0.1) is 0 Å². The first-order valence-corrected chi connectivity index (χ1v) is 10.1. The lowest BCUT2D eigenvalue weighted by molar-refractivity contribution is 0.390. The molecule has 0 aliphatic carbocycles. The largest absolute Gasteiger partial charge is 0.371 e. The lowest BCUT2D eigenvalue weighted by Gasteiger charge is -2.32. The number of anilines is 1. The Balaban J connectivity index is 1.66. The van der Waals surface area contributed by atoms with Crippen molar-refractivity contribution < 1.29 is 12.9 Å². The second kappa shape index (κ2) is 7.17. The van der Waals surface area contributed by atoms with Crippen LogP contribution in [0.3, 0.4) is 0 Å². The summed E-state index contributed by atoms with van der Waals surface area (Å²) in [7, 11) is -3.63. The molecule has 6 nitrogen and oxygen atoms in total. The highest BCUT2D eigenvalue weighted by atomic mass is 32.2. The van der Waals surface area contributed by atoms with Crippen LogP contribution in [-0.2, 0) is 16.6 Å². The number of aromatic nitrogens is 1. The van der Waals surface area contributed by atoms with Crippen LogP contribution in [0.4, 0.5) is 5.69 Å². The van der Waals surface area contributed by atoms with Crippen molar-refractivity contribution in [3.63, 3.8) is 0 Å². The molecule has 1 aliphatic heterocycles. The Labute approximate surface area is 149 Å². The van der Waals surface area contributed by atoms with Gasteiger partial charge < -0.3 is 9.42 Å². The second-order valence-corrected chi connectivity index (χ2v) is 8.54. The van der Waals surface area contributed by atoms with E-state index in [0.29, 0.717) is 11.5 Å². The van der Waals surface area contributed by atoms with Gasteiger partial charge in [-0.2, -0.15) is 0 Å². The van der Waals surface area contributed by atoms with Crippen molar-refractivity contribution in [3.8, 4) is 0 Å². The quantitative estimate of drug-likeness (QED) is 0.884. The van der Waals surface area contributed by atoms with Gasteiger partial charge in [0.2, 0.25) is 10.0 Å². The van der Waals surface area contributed by atoms with E-state index in [4.69, 9.17) is 4.52 Å². The normalized spacial score (nSPS) is 18.5. The molecule has 0 unspecified atom stereocenters. The topological polar surface area (TPSA) is 75.4 Å². The van der Waals surface area contributed by atoms with Crippen molar-refractivity contribution in [1.29, 1.82) is 0 Å². The first-order valence-electron chi connectivity index (χ1n) is 8.63. The molecule has 1 atom stereocenters. The van der Waals surface area contributed by atoms with Gasteiger partial charge in [-0.05, 0) is 50.3 Å². The summed E-state index contributed by atoms with van der Waals surface area (Å²) in [6.45, 7) is 7.91. The van der Waals surface area contributed by atoms with Crippen molar-refractivity contribution in [2.45, 2.75) is 45.1 Å². The van der Waals surface area contributed by atoms with E-state index < -0.39 is 10.0 Å². The minimum absolute atomic E-state index is 0.131. The van der Waals surface area contributed by atoms with E-state index in [2.05, 4.69) is 33.8 Å². The number of piperidine rings is 1. The smallest absolute Gasteiger partial charge is 0.246 e. The summed E-state index contributed by atoms with van der Waals surface area (Å²) in [4.78, 5) is 2.53. The van der Waals surface area contributed by atoms with Crippen LogP contribution in [0.15, 0.2) is 33.7 Å². The molecule has 1 aromatic carbocycles. The van der Waals surface area contributed by atoms with Crippen LogP contribution in [0.1, 0.15) is 36.8 Å².